The summed E-state index contributed by atoms with van der Waals surface area (Å²) in [7, 11) is 3.08. The monoisotopic (exact) mass is 253 g/mol. The molecule has 0 saturated heterocycles. The average Bonchev–Trinajstić information content (AvgIpc) is 2.55. The normalized spacial score (nSPS) is 13.5. The van der Waals surface area contributed by atoms with Crippen LogP contribution in [0.25, 0.3) is 0 Å². The first-order chi connectivity index (χ1) is 8.23. The molecule has 0 bridgehead atoms. The number of carbonyl (C=O) groups is 1. The largest absolute Gasteiger partial charge is 0.464 e. The maximum Gasteiger partial charge on any atom is 0.354 e. The van der Waals surface area contributed by atoms with E-state index >= 15 is 0 Å². The maximum absolute atomic E-state index is 11.7. The lowest BCUT2D eigenvalue weighted by Crippen LogP contribution is -2.21. The van der Waals surface area contributed by atoms with Gasteiger partial charge in [-0.25, -0.2) is 4.79 Å². The van der Waals surface area contributed by atoms with Gasteiger partial charge in [-0.15, -0.1) is 0 Å². The Morgan fingerprint density at radius 1 is 1.22 bits per heavy atom. The molecule has 1 rings (SSSR count). The minimum atomic E-state index is -0.342. The Morgan fingerprint density at radius 2 is 1.78 bits per heavy atom. The predicted molar refractivity (Wildman–Crippen MR) is 70.8 cm³/mol. The molecule has 1 N–H and O–H groups in total. The third-order valence-electron chi connectivity index (χ3n) is 3.17. The molecule has 0 fully saturated rings. The number of methoxy groups -OCH3 is 2. The van der Waals surface area contributed by atoms with E-state index in [0.29, 0.717) is 5.69 Å². The molecule has 0 aromatic carbocycles. The molecule has 0 radical (unpaired) electrons. The fraction of sp³-hybridized carbons (Fsp3) is 0.643. The highest BCUT2D eigenvalue weighted by molar-refractivity contribution is 5.89. The van der Waals surface area contributed by atoms with E-state index in [2.05, 4.69) is 25.8 Å². The molecule has 0 aliphatic carbocycles. The molecule has 1 heterocycles. The van der Waals surface area contributed by atoms with Gasteiger partial charge in [0.15, 0.2) is 0 Å². The van der Waals surface area contributed by atoms with Crippen molar-refractivity contribution in [3.8, 4) is 0 Å². The third-order valence-corrected chi connectivity index (χ3v) is 3.17. The van der Waals surface area contributed by atoms with Crippen LogP contribution in [0.15, 0.2) is 0 Å². The Labute approximate surface area is 109 Å². The second kappa shape index (κ2) is 5.14. The number of carbonyl (C=O) groups excluding carboxylic acids is 1. The minimum Gasteiger partial charge on any atom is -0.464 e. The minimum absolute atomic E-state index is 0.0418. The van der Waals surface area contributed by atoms with Crippen LogP contribution in [-0.4, -0.2) is 25.2 Å². The number of ether oxygens (including phenoxy) is 2. The number of hydrogen-bond donors (Lipinski definition) is 1. The smallest absolute Gasteiger partial charge is 0.354 e. The van der Waals surface area contributed by atoms with Crippen LogP contribution in [0.2, 0.25) is 0 Å². The van der Waals surface area contributed by atoms with E-state index in [9.17, 15) is 4.79 Å². The molecule has 4 nitrogen and oxygen atoms in total. The highest BCUT2D eigenvalue weighted by atomic mass is 16.5. The first-order valence-electron chi connectivity index (χ1n) is 6.04. The topological polar surface area (TPSA) is 51.3 Å². The van der Waals surface area contributed by atoms with Crippen molar-refractivity contribution in [1.29, 1.82) is 0 Å². The standard InChI is InChI=1S/C14H23NO3/c1-8-10(12(17-6)14(3,4)5)9(2)15-11(8)13(16)18-7/h12,15H,1-7H3/t12-/m0/s1. The number of aromatic nitrogens is 1. The van der Waals surface area contributed by atoms with Crippen LogP contribution >= 0.6 is 0 Å². The van der Waals surface area contributed by atoms with Gasteiger partial charge >= 0.3 is 5.97 Å². The summed E-state index contributed by atoms with van der Waals surface area (Å²) in [5.74, 6) is -0.342. The molecule has 1 aromatic rings. The molecule has 1 aromatic heterocycles. The number of hydrogen-bond acceptors (Lipinski definition) is 3. The van der Waals surface area contributed by atoms with Crippen LogP contribution < -0.4 is 0 Å². The fourth-order valence-electron chi connectivity index (χ4n) is 2.37. The summed E-state index contributed by atoms with van der Waals surface area (Å²) in [6.07, 6.45) is -0.0628. The van der Waals surface area contributed by atoms with Crippen molar-refractivity contribution < 1.29 is 14.3 Å². The molecule has 1 atom stereocenters. The Balaban J connectivity index is 3.33. The van der Waals surface area contributed by atoms with Crippen molar-refractivity contribution in [2.75, 3.05) is 14.2 Å². The first kappa shape index (κ1) is 14.8. The van der Waals surface area contributed by atoms with Crippen LogP contribution in [0.3, 0.4) is 0 Å². The second-order valence-corrected chi connectivity index (χ2v) is 5.64. The van der Waals surface area contributed by atoms with E-state index in [4.69, 9.17) is 9.47 Å². The molecule has 102 valence electrons. The second-order valence-electron chi connectivity index (χ2n) is 5.64. The van der Waals surface area contributed by atoms with Crippen molar-refractivity contribution in [2.45, 2.75) is 40.7 Å². The summed E-state index contributed by atoms with van der Waals surface area (Å²) in [5.41, 5.74) is 3.37. The van der Waals surface area contributed by atoms with Crippen LogP contribution in [0.4, 0.5) is 0 Å². The molecule has 0 aliphatic heterocycles. The van der Waals surface area contributed by atoms with E-state index in [1.807, 2.05) is 13.8 Å². The molecule has 0 amide bonds. The van der Waals surface area contributed by atoms with Crippen molar-refractivity contribution in [2.24, 2.45) is 5.41 Å². The molecule has 4 heteroatoms. The van der Waals surface area contributed by atoms with Gasteiger partial charge in [-0.1, -0.05) is 20.8 Å². The average molecular weight is 253 g/mol. The zero-order chi connectivity index (χ0) is 14.1. The highest BCUT2D eigenvalue weighted by Crippen LogP contribution is 2.39. The van der Waals surface area contributed by atoms with Crippen LogP contribution in [0.1, 0.15) is 54.2 Å². The van der Waals surface area contributed by atoms with E-state index in [1.54, 1.807) is 7.11 Å². The van der Waals surface area contributed by atoms with Gasteiger partial charge in [-0.2, -0.15) is 0 Å². The number of aryl methyl sites for hydroxylation is 1. The lowest BCUT2D eigenvalue weighted by molar-refractivity contribution is 0.0144. The van der Waals surface area contributed by atoms with Crippen molar-refractivity contribution in [3.05, 3.63) is 22.5 Å². The Kier molecular flexibility index (Phi) is 4.22. The summed E-state index contributed by atoms with van der Waals surface area (Å²) >= 11 is 0. The molecule has 18 heavy (non-hydrogen) atoms. The molecule has 0 saturated carbocycles. The van der Waals surface area contributed by atoms with Gasteiger partial charge in [0.25, 0.3) is 0 Å². The maximum atomic E-state index is 11.7. The molecular formula is C14H23NO3. The Bertz CT molecular complexity index is 441. The summed E-state index contributed by atoms with van der Waals surface area (Å²) in [4.78, 5) is 14.8. The zero-order valence-electron chi connectivity index (χ0n) is 12.3. The molecule has 0 spiro atoms. The van der Waals surface area contributed by atoms with Crippen molar-refractivity contribution in [3.63, 3.8) is 0 Å². The summed E-state index contributed by atoms with van der Waals surface area (Å²) in [6.45, 7) is 10.2. The van der Waals surface area contributed by atoms with E-state index in [-0.39, 0.29) is 17.5 Å². The van der Waals surface area contributed by atoms with Gasteiger partial charge in [0.2, 0.25) is 0 Å². The number of aromatic amines is 1. The van der Waals surface area contributed by atoms with E-state index in [1.165, 1.54) is 7.11 Å². The van der Waals surface area contributed by atoms with Gasteiger partial charge in [-0.3, -0.25) is 0 Å². The van der Waals surface area contributed by atoms with Gasteiger partial charge in [0.05, 0.1) is 13.2 Å². The lowest BCUT2D eigenvalue weighted by atomic mass is 9.83. The van der Waals surface area contributed by atoms with Crippen LogP contribution in [-0.2, 0) is 9.47 Å². The Morgan fingerprint density at radius 3 is 2.17 bits per heavy atom. The summed E-state index contributed by atoms with van der Waals surface area (Å²) in [6, 6.07) is 0. The van der Waals surface area contributed by atoms with Crippen LogP contribution in [0, 0.1) is 19.3 Å². The quantitative estimate of drug-likeness (QED) is 0.842. The number of rotatable bonds is 3. The molecule has 0 aliphatic rings. The van der Waals surface area contributed by atoms with Gasteiger partial charge in [0.1, 0.15) is 5.69 Å². The third kappa shape index (κ3) is 2.58. The van der Waals surface area contributed by atoms with Gasteiger partial charge in [-0.05, 0) is 24.8 Å². The van der Waals surface area contributed by atoms with Gasteiger partial charge < -0.3 is 14.5 Å². The SMILES string of the molecule is COC(=O)c1[nH]c(C)c([C@H](OC)C(C)(C)C)c1C. The first-order valence-corrected chi connectivity index (χ1v) is 6.04. The molecular weight excluding hydrogens is 230 g/mol. The van der Waals surface area contributed by atoms with E-state index < -0.39 is 0 Å². The van der Waals surface area contributed by atoms with Crippen molar-refractivity contribution >= 4 is 5.97 Å². The number of H-pyrrole nitrogens is 1. The summed E-state index contributed by atoms with van der Waals surface area (Å²) < 4.78 is 10.4. The highest BCUT2D eigenvalue weighted by Gasteiger charge is 2.31. The van der Waals surface area contributed by atoms with Crippen molar-refractivity contribution in [1.82, 2.24) is 4.98 Å². The Hall–Kier alpha value is -1.29. The molecule has 0 unspecified atom stereocenters. The van der Waals surface area contributed by atoms with Crippen LogP contribution in [0.5, 0.6) is 0 Å². The predicted octanol–water partition coefficient (Wildman–Crippen LogP) is 3.15. The lowest BCUT2D eigenvalue weighted by Gasteiger charge is -2.30. The number of esters is 1. The fourth-order valence-corrected chi connectivity index (χ4v) is 2.37. The zero-order valence-corrected chi connectivity index (χ0v) is 12.3. The van der Waals surface area contributed by atoms with E-state index in [0.717, 1.165) is 16.8 Å². The van der Waals surface area contributed by atoms with Gasteiger partial charge in [0, 0.05) is 18.4 Å². The number of nitrogens with one attached hydrogen (secondary N) is 1. The summed E-state index contributed by atoms with van der Waals surface area (Å²) in [5, 5.41) is 0.